The van der Waals surface area contributed by atoms with Crippen molar-refractivity contribution in [3.63, 3.8) is 0 Å². The van der Waals surface area contributed by atoms with E-state index in [4.69, 9.17) is 4.74 Å². The lowest BCUT2D eigenvalue weighted by molar-refractivity contribution is -0.125. The molecule has 114 valence electrons. The number of ether oxygens (including phenoxy) is 1. The van der Waals surface area contributed by atoms with Gasteiger partial charge in [-0.15, -0.1) is 24.8 Å². The van der Waals surface area contributed by atoms with Gasteiger partial charge in [0, 0.05) is 19.3 Å². The molecule has 2 rings (SSSR count). The van der Waals surface area contributed by atoms with E-state index >= 15 is 0 Å². The predicted molar refractivity (Wildman–Crippen MR) is 82.5 cm³/mol. The topological polar surface area (TPSA) is 63.2 Å². The first kappa shape index (κ1) is 19.1. The van der Waals surface area contributed by atoms with Gasteiger partial charge in [-0.3, -0.25) is 9.78 Å². The first-order valence-electron chi connectivity index (χ1n) is 6.28. The first-order valence-corrected chi connectivity index (χ1v) is 6.28. The van der Waals surface area contributed by atoms with Crippen LogP contribution in [0.25, 0.3) is 0 Å². The van der Waals surface area contributed by atoms with E-state index in [1.807, 2.05) is 25.1 Å². The Morgan fingerprint density at radius 1 is 1.55 bits per heavy atom. The molecule has 1 fully saturated rings. The molecule has 1 amide bonds. The Balaban J connectivity index is 0.00000180. The molecule has 1 aromatic heterocycles. The van der Waals surface area contributed by atoms with Gasteiger partial charge in [-0.1, -0.05) is 6.07 Å². The number of carbonyl (C=O) groups excluding carboxylic acids is 1. The van der Waals surface area contributed by atoms with Crippen molar-refractivity contribution in [1.82, 2.24) is 15.6 Å². The first-order chi connectivity index (χ1) is 8.75. The number of aromatic nitrogens is 1. The standard InChI is InChI=1S/C13H19N3O2.2ClH/c1-10(12-4-2-3-5-15-12)16-13(17)8-11-9-14-6-7-18-11;;/h2-5,10-11,14H,6-9H2,1H3,(H,16,17);2*1H. The Bertz CT molecular complexity index is 386. The Hall–Kier alpha value is -0.880. The van der Waals surface area contributed by atoms with Crippen molar-refractivity contribution in [1.29, 1.82) is 0 Å². The minimum atomic E-state index is -0.0738. The van der Waals surface area contributed by atoms with Gasteiger partial charge in [0.05, 0.1) is 30.9 Å². The molecule has 1 aliphatic heterocycles. The third-order valence-electron chi connectivity index (χ3n) is 2.93. The molecule has 2 atom stereocenters. The smallest absolute Gasteiger partial charge is 0.223 e. The highest BCUT2D eigenvalue weighted by atomic mass is 35.5. The number of morpholine rings is 1. The lowest BCUT2D eigenvalue weighted by atomic mass is 10.1. The zero-order valence-electron chi connectivity index (χ0n) is 11.4. The molecule has 2 heterocycles. The van der Waals surface area contributed by atoms with Crippen LogP contribution in [0.5, 0.6) is 0 Å². The van der Waals surface area contributed by atoms with Gasteiger partial charge >= 0.3 is 0 Å². The van der Waals surface area contributed by atoms with E-state index in [1.165, 1.54) is 0 Å². The second-order valence-corrected chi connectivity index (χ2v) is 4.44. The summed E-state index contributed by atoms with van der Waals surface area (Å²) in [5.41, 5.74) is 0.869. The second-order valence-electron chi connectivity index (χ2n) is 4.44. The summed E-state index contributed by atoms with van der Waals surface area (Å²) in [5, 5.41) is 6.14. The fourth-order valence-corrected chi connectivity index (χ4v) is 1.96. The number of pyridine rings is 1. The van der Waals surface area contributed by atoms with Crippen molar-refractivity contribution in [2.24, 2.45) is 0 Å². The number of carbonyl (C=O) groups is 1. The van der Waals surface area contributed by atoms with Gasteiger partial charge in [0.2, 0.25) is 5.91 Å². The highest BCUT2D eigenvalue weighted by Gasteiger charge is 2.18. The van der Waals surface area contributed by atoms with Crippen LogP contribution in [0.4, 0.5) is 0 Å². The fourth-order valence-electron chi connectivity index (χ4n) is 1.96. The van der Waals surface area contributed by atoms with Crippen molar-refractivity contribution in [3.8, 4) is 0 Å². The summed E-state index contributed by atoms with van der Waals surface area (Å²) in [6.45, 7) is 4.21. The van der Waals surface area contributed by atoms with Gasteiger partial charge in [0.15, 0.2) is 0 Å². The molecule has 2 unspecified atom stereocenters. The highest BCUT2D eigenvalue weighted by molar-refractivity contribution is 5.85. The van der Waals surface area contributed by atoms with E-state index in [2.05, 4.69) is 15.6 Å². The molecular weight excluding hydrogens is 301 g/mol. The molecule has 0 aliphatic carbocycles. The minimum absolute atomic E-state index is 0. The monoisotopic (exact) mass is 321 g/mol. The van der Waals surface area contributed by atoms with Crippen molar-refractivity contribution in [3.05, 3.63) is 30.1 Å². The molecule has 0 saturated carbocycles. The average Bonchev–Trinajstić information content (AvgIpc) is 2.40. The molecule has 0 aromatic carbocycles. The number of hydrogen-bond donors (Lipinski definition) is 2. The summed E-state index contributed by atoms with van der Waals surface area (Å²) < 4.78 is 5.50. The molecule has 7 heteroatoms. The van der Waals surface area contributed by atoms with Crippen molar-refractivity contribution < 1.29 is 9.53 Å². The van der Waals surface area contributed by atoms with Gasteiger partial charge in [-0.05, 0) is 19.1 Å². The van der Waals surface area contributed by atoms with Gasteiger partial charge in [-0.2, -0.15) is 0 Å². The van der Waals surface area contributed by atoms with Crippen molar-refractivity contribution >= 4 is 30.7 Å². The Morgan fingerprint density at radius 3 is 2.95 bits per heavy atom. The summed E-state index contributed by atoms with van der Waals surface area (Å²) in [6, 6.07) is 5.61. The zero-order valence-corrected chi connectivity index (χ0v) is 13.0. The molecular formula is C13H21Cl2N3O2. The van der Waals surface area contributed by atoms with Crippen LogP contribution in [0.3, 0.4) is 0 Å². The average molecular weight is 322 g/mol. The van der Waals surface area contributed by atoms with E-state index < -0.39 is 0 Å². The Labute approximate surface area is 131 Å². The van der Waals surface area contributed by atoms with Crippen LogP contribution >= 0.6 is 24.8 Å². The molecule has 5 nitrogen and oxygen atoms in total. The number of amides is 1. The summed E-state index contributed by atoms with van der Waals surface area (Å²) in [6.07, 6.45) is 2.10. The maximum absolute atomic E-state index is 11.8. The molecule has 1 aromatic rings. The number of halogens is 2. The van der Waals surface area contributed by atoms with Crippen LogP contribution in [0.1, 0.15) is 25.1 Å². The van der Waals surface area contributed by atoms with Crippen LogP contribution in [-0.2, 0) is 9.53 Å². The number of rotatable bonds is 4. The molecule has 1 aliphatic rings. The number of nitrogens with zero attached hydrogens (tertiary/aromatic N) is 1. The summed E-state index contributed by atoms with van der Waals surface area (Å²) in [4.78, 5) is 16.1. The highest BCUT2D eigenvalue weighted by Crippen LogP contribution is 2.09. The molecule has 0 radical (unpaired) electrons. The van der Waals surface area contributed by atoms with Gasteiger partial charge < -0.3 is 15.4 Å². The van der Waals surface area contributed by atoms with Crippen LogP contribution in [0.2, 0.25) is 0 Å². The van der Waals surface area contributed by atoms with Gasteiger partial charge in [0.1, 0.15) is 0 Å². The third kappa shape index (κ3) is 6.05. The lowest BCUT2D eigenvalue weighted by Crippen LogP contribution is -2.41. The molecule has 20 heavy (non-hydrogen) atoms. The van der Waals surface area contributed by atoms with Crippen LogP contribution < -0.4 is 10.6 Å². The van der Waals surface area contributed by atoms with E-state index in [1.54, 1.807) is 6.20 Å². The molecule has 2 N–H and O–H groups in total. The predicted octanol–water partition coefficient (Wildman–Crippen LogP) is 1.48. The lowest BCUT2D eigenvalue weighted by Gasteiger charge is -2.23. The van der Waals surface area contributed by atoms with E-state index in [9.17, 15) is 4.79 Å². The third-order valence-corrected chi connectivity index (χ3v) is 2.93. The van der Waals surface area contributed by atoms with Gasteiger partial charge in [-0.25, -0.2) is 0 Å². The normalized spacial score (nSPS) is 19.1. The van der Waals surface area contributed by atoms with E-state index in [0.29, 0.717) is 13.0 Å². The maximum Gasteiger partial charge on any atom is 0.223 e. The Kier molecular flexibility index (Phi) is 9.50. The largest absolute Gasteiger partial charge is 0.375 e. The van der Waals surface area contributed by atoms with Crippen LogP contribution in [-0.4, -0.2) is 36.7 Å². The van der Waals surface area contributed by atoms with E-state index in [-0.39, 0.29) is 42.9 Å². The zero-order chi connectivity index (χ0) is 12.8. The fraction of sp³-hybridized carbons (Fsp3) is 0.538. The van der Waals surface area contributed by atoms with Gasteiger partial charge in [0.25, 0.3) is 0 Å². The summed E-state index contributed by atoms with van der Waals surface area (Å²) >= 11 is 0. The SMILES string of the molecule is CC(NC(=O)CC1CNCCO1)c1ccccn1.Cl.Cl. The van der Waals surface area contributed by atoms with Crippen molar-refractivity contribution in [2.45, 2.75) is 25.5 Å². The molecule has 0 bridgehead atoms. The summed E-state index contributed by atoms with van der Waals surface area (Å²) in [7, 11) is 0. The van der Waals surface area contributed by atoms with E-state index in [0.717, 1.165) is 18.8 Å². The maximum atomic E-state index is 11.8. The Morgan fingerprint density at radius 2 is 2.35 bits per heavy atom. The number of hydrogen-bond acceptors (Lipinski definition) is 4. The molecule has 1 saturated heterocycles. The molecule has 0 spiro atoms. The number of nitrogens with one attached hydrogen (secondary N) is 2. The van der Waals surface area contributed by atoms with Crippen molar-refractivity contribution in [2.75, 3.05) is 19.7 Å². The van der Waals surface area contributed by atoms with Crippen LogP contribution in [0.15, 0.2) is 24.4 Å². The second kappa shape index (κ2) is 9.94. The summed E-state index contributed by atoms with van der Waals surface area (Å²) in [5.74, 6) is 0.00172. The van der Waals surface area contributed by atoms with Crippen LogP contribution in [0, 0.1) is 0 Å². The quantitative estimate of drug-likeness (QED) is 0.881. The minimum Gasteiger partial charge on any atom is -0.375 e.